The molecule has 0 spiro atoms. The first-order valence-corrected chi connectivity index (χ1v) is 10.4. The molecule has 142 valence electrons. The Bertz CT molecular complexity index is 852. The van der Waals surface area contributed by atoms with Crippen LogP contribution in [0.25, 0.3) is 0 Å². The van der Waals surface area contributed by atoms with Gasteiger partial charge in [-0.3, -0.25) is 4.57 Å². The number of phenols is 1. The highest BCUT2D eigenvalue weighted by Gasteiger charge is 2.18. The second kappa shape index (κ2) is 7.83. The van der Waals surface area contributed by atoms with E-state index >= 15 is 0 Å². The summed E-state index contributed by atoms with van der Waals surface area (Å²) in [5.41, 5.74) is 5.93. The van der Waals surface area contributed by atoms with Crippen LogP contribution in [0.1, 0.15) is 53.1 Å². The fraction of sp³-hybridized carbons (Fsp3) is 0.400. The van der Waals surface area contributed by atoms with Crippen molar-refractivity contribution in [3.05, 3.63) is 57.6 Å². The number of benzene rings is 2. The maximum absolute atomic E-state index is 11.1. The third-order valence-corrected chi connectivity index (χ3v) is 5.08. The zero-order valence-electron chi connectivity index (χ0n) is 15.9. The van der Waals surface area contributed by atoms with Crippen molar-refractivity contribution in [2.45, 2.75) is 47.0 Å². The zero-order chi connectivity index (χ0) is 19.6. The Morgan fingerprint density at radius 2 is 1.73 bits per heavy atom. The topological polar surface area (TPSA) is 87.0 Å². The van der Waals surface area contributed by atoms with E-state index in [2.05, 4.69) is 0 Å². The highest BCUT2D eigenvalue weighted by atomic mass is 31.2. The normalized spacial score (nSPS) is 11.8. The molecule has 0 radical (unpaired) electrons. The van der Waals surface area contributed by atoms with Gasteiger partial charge in [-0.15, -0.1) is 0 Å². The van der Waals surface area contributed by atoms with E-state index in [0.717, 1.165) is 33.4 Å². The number of rotatable bonds is 6. The molecule has 0 amide bonds. The van der Waals surface area contributed by atoms with Gasteiger partial charge in [0.15, 0.2) is 6.35 Å². The van der Waals surface area contributed by atoms with Gasteiger partial charge >= 0.3 is 7.60 Å². The Balaban J connectivity index is 2.34. The molecule has 0 bridgehead atoms. The second-order valence-corrected chi connectivity index (χ2v) is 8.68. The molecule has 0 heterocycles. The number of hydrogen-bond acceptors (Lipinski definition) is 3. The number of aromatic hydroxyl groups is 1. The first-order chi connectivity index (χ1) is 12.0. The maximum Gasteiger partial charge on any atom is 0.362 e. The Labute approximate surface area is 154 Å². The summed E-state index contributed by atoms with van der Waals surface area (Å²) in [5, 5.41) is 10.00. The Morgan fingerprint density at radius 1 is 1.08 bits per heavy atom. The minimum absolute atomic E-state index is 0.239. The molecule has 0 aromatic heterocycles. The lowest BCUT2D eigenvalue weighted by atomic mass is 9.92. The van der Waals surface area contributed by atoms with Crippen molar-refractivity contribution in [3.8, 4) is 11.5 Å². The van der Waals surface area contributed by atoms with Gasteiger partial charge in [0.25, 0.3) is 0 Å². The first-order valence-electron chi connectivity index (χ1n) is 8.58. The van der Waals surface area contributed by atoms with Crippen LogP contribution in [0.3, 0.4) is 0 Å². The highest BCUT2D eigenvalue weighted by molar-refractivity contribution is 7.51. The van der Waals surface area contributed by atoms with E-state index in [1.165, 1.54) is 0 Å². The third-order valence-electron chi connectivity index (χ3n) is 4.62. The smallest absolute Gasteiger partial charge is 0.362 e. The molecular formula is C20H27O5P. The van der Waals surface area contributed by atoms with Crippen LogP contribution in [-0.2, 0) is 11.0 Å². The standard InChI is InChI=1S/C20H27O5P/c1-12(2)18-10-16(6-7-19(18)21)9-17-8-13(3)20(15(5)14(17)4)25-11-26(22,23)24/h6-8,10,12,21H,9,11H2,1-5H3,(H2,22,23,24). The minimum Gasteiger partial charge on any atom is -0.508 e. The Hall–Kier alpha value is -1.81. The average Bonchev–Trinajstić information content (AvgIpc) is 2.52. The van der Waals surface area contributed by atoms with Gasteiger partial charge in [-0.2, -0.15) is 0 Å². The Kier molecular flexibility index (Phi) is 6.17. The predicted molar refractivity (Wildman–Crippen MR) is 103 cm³/mol. The van der Waals surface area contributed by atoms with Gasteiger partial charge in [-0.25, -0.2) is 0 Å². The molecule has 0 atom stereocenters. The van der Waals surface area contributed by atoms with Gasteiger partial charge in [-0.1, -0.05) is 32.0 Å². The van der Waals surface area contributed by atoms with E-state index in [1.807, 2.05) is 52.8 Å². The molecule has 6 heteroatoms. The van der Waals surface area contributed by atoms with Crippen LogP contribution in [-0.4, -0.2) is 21.2 Å². The first kappa shape index (κ1) is 20.5. The molecule has 26 heavy (non-hydrogen) atoms. The van der Waals surface area contributed by atoms with Crippen molar-refractivity contribution < 1.29 is 24.2 Å². The van der Waals surface area contributed by atoms with E-state index in [1.54, 1.807) is 6.07 Å². The molecule has 0 aliphatic heterocycles. The van der Waals surface area contributed by atoms with Crippen LogP contribution < -0.4 is 4.74 Å². The molecule has 0 saturated carbocycles. The summed E-state index contributed by atoms with van der Waals surface area (Å²) in [5.74, 6) is 1.08. The fourth-order valence-electron chi connectivity index (χ4n) is 3.09. The number of ether oxygens (including phenoxy) is 1. The largest absolute Gasteiger partial charge is 0.508 e. The van der Waals surface area contributed by atoms with Crippen LogP contribution in [0.2, 0.25) is 0 Å². The summed E-state index contributed by atoms with van der Waals surface area (Å²) in [6, 6.07) is 7.68. The number of phenolic OH excluding ortho intramolecular Hbond substituents is 1. The monoisotopic (exact) mass is 378 g/mol. The van der Waals surface area contributed by atoms with Gasteiger partial charge in [0, 0.05) is 0 Å². The molecule has 2 aromatic rings. The summed E-state index contributed by atoms with van der Waals surface area (Å²) in [4.78, 5) is 18.1. The van der Waals surface area contributed by atoms with Crippen molar-refractivity contribution in [1.29, 1.82) is 0 Å². The minimum atomic E-state index is -4.22. The average molecular weight is 378 g/mol. The molecule has 2 rings (SSSR count). The molecular weight excluding hydrogens is 351 g/mol. The van der Waals surface area contributed by atoms with E-state index in [9.17, 15) is 9.67 Å². The fourth-order valence-corrected chi connectivity index (χ4v) is 3.39. The lowest BCUT2D eigenvalue weighted by molar-refractivity contribution is 0.298. The zero-order valence-corrected chi connectivity index (χ0v) is 16.8. The summed E-state index contributed by atoms with van der Waals surface area (Å²) in [6.07, 6.45) is 0.0927. The van der Waals surface area contributed by atoms with Crippen LogP contribution >= 0.6 is 7.60 Å². The molecule has 0 aliphatic carbocycles. The summed E-state index contributed by atoms with van der Waals surface area (Å²) < 4.78 is 16.5. The lowest BCUT2D eigenvalue weighted by Gasteiger charge is -2.18. The summed E-state index contributed by atoms with van der Waals surface area (Å²) in [6.45, 7) is 9.85. The number of hydrogen-bond donors (Lipinski definition) is 3. The van der Waals surface area contributed by atoms with Gasteiger partial charge in [0.05, 0.1) is 0 Å². The van der Waals surface area contributed by atoms with Crippen LogP contribution in [0, 0.1) is 20.8 Å². The molecule has 0 unspecified atom stereocenters. The van der Waals surface area contributed by atoms with Crippen molar-refractivity contribution in [3.63, 3.8) is 0 Å². The van der Waals surface area contributed by atoms with Gasteiger partial charge < -0.3 is 19.6 Å². The van der Waals surface area contributed by atoms with E-state index in [-0.39, 0.29) is 5.92 Å². The third kappa shape index (κ3) is 4.88. The van der Waals surface area contributed by atoms with Crippen LogP contribution in [0.4, 0.5) is 0 Å². The van der Waals surface area contributed by atoms with E-state index in [4.69, 9.17) is 14.5 Å². The van der Waals surface area contributed by atoms with Crippen LogP contribution in [0.15, 0.2) is 24.3 Å². The SMILES string of the molecule is Cc1cc(Cc2ccc(O)c(C(C)C)c2)c(C)c(C)c1OCP(=O)(O)O. The Morgan fingerprint density at radius 3 is 2.31 bits per heavy atom. The quantitative estimate of drug-likeness (QED) is 0.642. The van der Waals surface area contributed by atoms with E-state index in [0.29, 0.717) is 17.9 Å². The molecule has 3 N–H and O–H groups in total. The van der Waals surface area contributed by atoms with Crippen molar-refractivity contribution >= 4 is 7.60 Å². The second-order valence-electron chi connectivity index (χ2n) is 7.09. The van der Waals surface area contributed by atoms with E-state index < -0.39 is 13.9 Å². The van der Waals surface area contributed by atoms with Gasteiger partial charge in [-0.05, 0) is 72.6 Å². The predicted octanol–water partition coefficient (Wildman–Crippen LogP) is 4.55. The van der Waals surface area contributed by atoms with Crippen molar-refractivity contribution in [1.82, 2.24) is 0 Å². The molecule has 0 aliphatic rings. The van der Waals surface area contributed by atoms with Crippen LogP contribution in [0.5, 0.6) is 11.5 Å². The van der Waals surface area contributed by atoms with Gasteiger partial charge in [0.2, 0.25) is 0 Å². The van der Waals surface area contributed by atoms with Crippen molar-refractivity contribution in [2.75, 3.05) is 6.35 Å². The molecule has 0 fully saturated rings. The lowest BCUT2D eigenvalue weighted by Crippen LogP contribution is -2.05. The number of aryl methyl sites for hydroxylation is 1. The summed E-state index contributed by atoms with van der Waals surface area (Å²) >= 11 is 0. The maximum atomic E-state index is 11.1. The molecule has 5 nitrogen and oxygen atoms in total. The summed E-state index contributed by atoms with van der Waals surface area (Å²) in [7, 11) is -4.22. The molecule has 2 aromatic carbocycles. The molecule has 0 saturated heterocycles. The highest BCUT2D eigenvalue weighted by Crippen LogP contribution is 2.37. The van der Waals surface area contributed by atoms with Gasteiger partial charge in [0.1, 0.15) is 11.5 Å². The van der Waals surface area contributed by atoms with Crippen molar-refractivity contribution in [2.24, 2.45) is 0 Å².